The third kappa shape index (κ3) is 3.82. The lowest BCUT2D eigenvalue weighted by Crippen LogP contribution is -2.39. The molecule has 6 nitrogen and oxygen atoms in total. The van der Waals surface area contributed by atoms with E-state index in [1.807, 2.05) is 0 Å². The molecule has 0 saturated heterocycles. The van der Waals surface area contributed by atoms with Crippen molar-refractivity contribution in [1.29, 1.82) is 0 Å². The molecular formula is C11H14ClNO5S. The molecule has 0 aliphatic rings. The van der Waals surface area contributed by atoms with E-state index in [4.69, 9.17) is 16.3 Å². The zero-order valence-corrected chi connectivity index (χ0v) is 12.2. The molecular weight excluding hydrogens is 294 g/mol. The molecule has 1 unspecified atom stereocenters. The second-order valence-corrected chi connectivity index (χ2v) is 5.78. The van der Waals surface area contributed by atoms with Crippen LogP contribution < -0.4 is 9.46 Å². The normalized spacial score (nSPS) is 12.8. The van der Waals surface area contributed by atoms with Gasteiger partial charge in [0.05, 0.1) is 24.1 Å². The molecule has 19 heavy (non-hydrogen) atoms. The van der Waals surface area contributed by atoms with E-state index in [0.29, 0.717) is 5.75 Å². The number of sulfonamides is 1. The molecule has 8 heteroatoms. The molecule has 0 spiro atoms. The van der Waals surface area contributed by atoms with Crippen molar-refractivity contribution in [3.63, 3.8) is 0 Å². The van der Waals surface area contributed by atoms with Crippen molar-refractivity contribution in [2.24, 2.45) is 0 Å². The van der Waals surface area contributed by atoms with Crippen LogP contribution in [0.5, 0.6) is 5.75 Å². The first-order valence-corrected chi connectivity index (χ1v) is 7.11. The molecule has 1 aromatic rings. The van der Waals surface area contributed by atoms with Crippen molar-refractivity contribution < 1.29 is 22.7 Å². The van der Waals surface area contributed by atoms with E-state index in [2.05, 4.69) is 9.46 Å². The highest BCUT2D eigenvalue weighted by Crippen LogP contribution is 2.26. The van der Waals surface area contributed by atoms with Gasteiger partial charge in [-0.15, -0.1) is 0 Å². The van der Waals surface area contributed by atoms with Gasteiger partial charge in [0.1, 0.15) is 11.8 Å². The van der Waals surface area contributed by atoms with Crippen LogP contribution in [0, 0.1) is 0 Å². The van der Waals surface area contributed by atoms with Crippen LogP contribution >= 0.6 is 11.6 Å². The first-order valence-electron chi connectivity index (χ1n) is 5.25. The van der Waals surface area contributed by atoms with Gasteiger partial charge < -0.3 is 9.47 Å². The molecule has 1 aromatic carbocycles. The zero-order valence-electron chi connectivity index (χ0n) is 10.6. The Bertz CT molecular complexity index is 572. The van der Waals surface area contributed by atoms with E-state index in [9.17, 15) is 13.2 Å². The number of nitrogens with one attached hydrogen (secondary N) is 1. The quantitative estimate of drug-likeness (QED) is 0.826. The highest BCUT2D eigenvalue weighted by atomic mass is 35.5. The lowest BCUT2D eigenvalue weighted by molar-refractivity contribution is -0.142. The number of rotatable bonds is 5. The van der Waals surface area contributed by atoms with Crippen molar-refractivity contribution in [3.8, 4) is 5.75 Å². The van der Waals surface area contributed by atoms with E-state index >= 15 is 0 Å². The minimum absolute atomic E-state index is 0.0611. The highest BCUT2D eigenvalue weighted by molar-refractivity contribution is 7.89. The van der Waals surface area contributed by atoms with Crippen LogP contribution in [0.1, 0.15) is 6.92 Å². The molecule has 0 amide bonds. The summed E-state index contributed by atoms with van der Waals surface area (Å²) in [6.45, 7) is 1.38. The molecule has 0 bridgehead atoms. The highest BCUT2D eigenvalue weighted by Gasteiger charge is 2.23. The molecule has 1 rings (SSSR count). The molecule has 0 aromatic heterocycles. The van der Waals surface area contributed by atoms with Crippen LogP contribution in [0.4, 0.5) is 0 Å². The molecule has 1 atom stereocenters. The lowest BCUT2D eigenvalue weighted by atomic mass is 10.3. The van der Waals surface area contributed by atoms with Gasteiger partial charge in [0.15, 0.2) is 0 Å². The second kappa shape index (κ2) is 6.23. The minimum Gasteiger partial charge on any atom is -0.495 e. The summed E-state index contributed by atoms with van der Waals surface area (Å²) in [4.78, 5) is 11.1. The van der Waals surface area contributed by atoms with Crippen molar-refractivity contribution in [3.05, 3.63) is 23.2 Å². The average Bonchev–Trinajstić information content (AvgIpc) is 2.37. The predicted octanol–water partition coefficient (Wildman–Crippen LogP) is 1.19. The lowest BCUT2D eigenvalue weighted by Gasteiger charge is -2.12. The maximum atomic E-state index is 12.0. The second-order valence-electron chi connectivity index (χ2n) is 3.66. The van der Waals surface area contributed by atoms with Gasteiger partial charge in [-0.25, -0.2) is 8.42 Å². The third-order valence-electron chi connectivity index (χ3n) is 2.32. The van der Waals surface area contributed by atoms with Crippen molar-refractivity contribution in [2.45, 2.75) is 17.9 Å². The smallest absolute Gasteiger partial charge is 0.323 e. The van der Waals surface area contributed by atoms with Crippen LogP contribution in [-0.4, -0.2) is 34.6 Å². The van der Waals surface area contributed by atoms with Gasteiger partial charge in [-0.2, -0.15) is 4.72 Å². The Hall–Kier alpha value is -1.31. The van der Waals surface area contributed by atoms with Crippen LogP contribution in [0.15, 0.2) is 23.1 Å². The Balaban J connectivity index is 3.01. The zero-order chi connectivity index (χ0) is 14.6. The van der Waals surface area contributed by atoms with Crippen molar-refractivity contribution in [1.82, 2.24) is 4.72 Å². The fourth-order valence-corrected chi connectivity index (χ4v) is 2.88. The van der Waals surface area contributed by atoms with E-state index in [-0.39, 0.29) is 9.92 Å². The van der Waals surface area contributed by atoms with Crippen molar-refractivity contribution in [2.75, 3.05) is 14.2 Å². The molecule has 0 aliphatic carbocycles. The van der Waals surface area contributed by atoms with E-state index < -0.39 is 22.0 Å². The first-order chi connectivity index (χ1) is 8.81. The number of esters is 1. The number of carbonyl (C=O) groups excluding carboxylic acids is 1. The van der Waals surface area contributed by atoms with E-state index in [1.54, 1.807) is 0 Å². The third-order valence-corrected chi connectivity index (χ3v) is 4.15. The molecule has 0 saturated carbocycles. The number of hydrogen-bond donors (Lipinski definition) is 1. The van der Waals surface area contributed by atoms with E-state index in [0.717, 1.165) is 0 Å². The topological polar surface area (TPSA) is 81.7 Å². The molecule has 0 aliphatic heterocycles. The molecule has 1 N–H and O–H groups in total. The summed E-state index contributed by atoms with van der Waals surface area (Å²) < 4.78 is 35.5. The van der Waals surface area contributed by atoms with Crippen LogP contribution in [0.3, 0.4) is 0 Å². The van der Waals surface area contributed by atoms with Gasteiger partial charge in [-0.05, 0) is 25.1 Å². The summed E-state index contributed by atoms with van der Waals surface area (Å²) in [5.74, 6) is -0.315. The van der Waals surface area contributed by atoms with Gasteiger partial charge in [0, 0.05) is 0 Å². The SMILES string of the molecule is COC(=O)C(C)NS(=O)(=O)c1ccc(OC)c(Cl)c1. The Morgan fingerprint density at radius 1 is 1.37 bits per heavy atom. The summed E-state index contributed by atoms with van der Waals surface area (Å²) in [5.41, 5.74) is 0. The summed E-state index contributed by atoms with van der Waals surface area (Å²) in [6, 6.07) is 3.01. The van der Waals surface area contributed by atoms with Gasteiger partial charge in [-0.1, -0.05) is 11.6 Å². The molecule has 106 valence electrons. The summed E-state index contributed by atoms with van der Waals surface area (Å²) >= 11 is 5.85. The first kappa shape index (κ1) is 15.7. The van der Waals surface area contributed by atoms with Gasteiger partial charge in [0.25, 0.3) is 0 Å². The predicted molar refractivity (Wildman–Crippen MR) is 69.8 cm³/mol. The van der Waals surface area contributed by atoms with E-state index in [1.165, 1.54) is 39.3 Å². The Labute approximate surface area is 116 Å². The molecule has 0 fully saturated rings. The Kier molecular flexibility index (Phi) is 5.16. The number of benzene rings is 1. The summed E-state index contributed by atoms with van der Waals surface area (Å²) in [5, 5.41) is 0.163. The average molecular weight is 308 g/mol. The maximum Gasteiger partial charge on any atom is 0.323 e. The van der Waals surface area contributed by atoms with Gasteiger partial charge >= 0.3 is 5.97 Å². The summed E-state index contributed by atoms with van der Waals surface area (Å²) in [7, 11) is -1.25. The largest absolute Gasteiger partial charge is 0.495 e. The fraction of sp³-hybridized carbons (Fsp3) is 0.364. The fourth-order valence-electron chi connectivity index (χ4n) is 1.34. The molecule has 0 radical (unpaired) electrons. The monoisotopic (exact) mass is 307 g/mol. The van der Waals surface area contributed by atoms with Crippen LogP contribution in [0.2, 0.25) is 5.02 Å². The van der Waals surface area contributed by atoms with Crippen molar-refractivity contribution >= 4 is 27.6 Å². The number of hydrogen-bond acceptors (Lipinski definition) is 5. The number of halogens is 1. The van der Waals surface area contributed by atoms with Gasteiger partial charge in [-0.3, -0.25) is 4.79 Å². The van der Waals surface area contributed by atoms with Crippen LogP contribution in [0.25, 0.3) is 0 Å². The van der Waals surface area contributed by atoms with Gasteiger partial charge in [0.2, 0.25) is 10.0 Å². The summed E-state index contributed by atoms with van der Waals surface area (Å²) in [6.07, 6.45) is 0. The minimum atomic E-state index is -3.85. The maximum absolute atomic E-state index is 12.0. The number of carbonyl (C=O) groups is 1. The Morgan fingerprint density at radius 2 is 2.00 bits per heavy atom. The standard InChI is InChI=1S/C11H14ClNO5S/c1-7(11(14)18-3)13-19(15,16)8-4-5-10(17-2)9(12)6-8/h4-7,13H,1-3H3. The molecule has 0 heterocycles. The van der Waals surface area contributed by atoms with Crippen LogP contribution in [-0.2, 0) is 19.6 Å². The number of methoxy groups -OCH3 is 2. The Morgan fingerprint density at radius 3 is 2.47 bits per heavy atom. The number of ether oxygens (including phenoxy) is 2.